The zero-order valence-electron chi connectivity index (χ0n) is 10.5. The van der Waals surface area contributed by atoms with E-state index in [1.165, 1.54) is 0 Å². The molecule has 1 atom stereocenters. The van der Waals surface area contributed by atoms with E-state index in [4.69, 9.17) is 4.74 Å². The number of anilines is 1. The summed E-state index contributed by atoms with van der Waals surface area (Å²) >= 11 is 0. The highest BCUT2D eigenvalue weighted by atomic mass is 31.1. The second kappa shape index (κ2) is 5.48. The van der Waals surface area contributed by atoms with E-state index in [1.807, 2.05) is 20.8 Å². The Bertz CT molecular complexity index is 382. The van der Waals surface area contributed by atoms with Crippen molar-refractivity contribution in [2.24, 2.45) is 0 Å². The summed E-state index contributed by atoms with van der Waals surface area (Å²) in [6.07, 6.45) is -0.479. The molecule has 0 aromatic heterocycles. The molecule has 1 aromatic rings. The number of hydrogen-bond acceptors (Lipinski definition) is 3. The largest absolute Gasteiger partial charge is 0.444 e. The van der Waals surface area contributed by atoms with Crippen LogP contribution in [0.15, 0.2) is 24.3 Å². The molecule has 5 heteroatoms. The second-order valence-corrected chi connectivity index (χ2v) is 6.26. The number of carbonyl (C=O) groups is 1. The third-order valence-corrected chi connectivity index (χ3v) is 2.93. The second-order valence-electron chi connectivity index (χ2n) is 4.70. The fourth-order valence-corrected chi connectivity index (χ4v) is 1.76. The monoisotopic (exact) mass is 255 g/mol. The number of hydrogen-bond donors (Lipinski definition) is 2. The summed E-state index contributed by atoms with van der Waals surface area (Å²) in [6, 6.07) is 7.07. The molecule has 0 saturated heterocycles. The molecular weight excluding hydrogens is 237 g/mol. The normalized spacial score (nSPS) is 13.0. The molecular formula is C12H18NO3P. The average Bonchev–Trinajstić information content (AvgIpc) is 2.15. The van der Waals surface area contributed by atoms with E-state index in [2.05, 4.69) is 5.32 Å². The topological polar surface area (TPSA) is 58.6 Å². The van der Waals surface area contributed by atoms with Gasteiger partial charge in [0.15, 0.2) is 0 Å². The Morgan fingerprint density at radius 2 is 1.82 bits per heavy atom. The van der Waals surface area contributed by atoms with Crippen molar-refractivity contribution in [3.63, 3.8) is 0 Å². The summed E-state index contributed by atoms with van der Waals surface area (Å²) in [7, 11) is -1.09. The third-order valence-electron chi connectivity index (χ3n) is 1.89. The molecule has 0 aliphatic carbocycles. The molecule has 17 heavy (non-hydrogen) atoms. The summed E-state index contributed by atoms with van der Waals surface area (Å²) < 4.78 is 5.12. The number of ether oxygens (including phenoxy) is 1. The van der Waals surface area contributed by atoms with Crippen molar-refractivity contribution < 1.29 is 14.4 Å². The smallest absolute Gasteiger partial charge is 0.412 e. The summed E-state index contributed by atoms with van der Waals surface area (Å²) in [5.41, 5.74) is 0.146. The van der Waals surface area contributed by atoms with Crippen LogP contribution in [0.4, 0.5) is 10.5 Å². The zero-order valence-corrected chi connectivity index (χ0v) is 11.4. The van der Waals surface area contributed by atoms with Gasteiger partial charge in [-0.1, -0.05) is 12.1 Å². The molecule has 0 saturated carbocycles. The van der Waals surface area contributed by atoms with Gasteiger partial charge in [-0.15, -0.1) is 0 Å². The van der Waals surface area contributed by atoms with Gasteiger partial charge in [-0.25, -0.2) is 4.79 Å². The van der Waals surface area contributed by atoms with Gasteiger partial charge in [0.2, 0.25) is 0 Å². The van der Waals surface area contributed by atoms with E-state index >= 15 is 0 Å². The highest BCUT2D eigenvalue weighted by molar-refractivity contribution is 7.59. The van der Waals surface area contributed by atoms with Gasteiger partial charge >= 0.3 is 6.09 Å². The van der Waals surface area contributed by atoms with Crippen molar-refractivity contribution in [2.75, 3.05) is 12.0 Å². The van der Waals surface area contributed by atoms with Crippen LogP contribution in [-0.2, 0) is 4.74 Å². The molecule has 1 aromatic carbocycles. The molecule has 0 fully saturated rings. The minimum atomic E-state index is -1.09. The standard InChI is InChI=1S/C12H18NO3P/c1-12(2,3)16-11(14)13-9-5-7-10(8-6-9)17(4)15/h5-8,15H,1-4H3,(H,13,14). The van der Waals surface area contributed by atoms with Crippen molar-refractivity contribution in [1.29, 1.82) is 0 Å². The van der Waals surface area contributed by atoms with Crippen LogP contribution in [0.3, 0.4) is 0 Å². The predicted octanol–water partition coefficient (Wildman–Crippen LogP) is 2.68. The predicted molar refractivity (Wildman–Crippen MR) is 71.0 cm³/mol. The highest BCUT2D eigenvalue weighted by Crippen LogP contribution is 2.23. The summed E-state index contributed by atoms with van der Waals surface area (Å²) in [6.45, 7) is 7.19. The first-order valence-corrected chi connectivity index (χ1v) is 7.05. The quantitative estimate of drug-likeness (QED) is 0.799. The summed E-state index contributed by atoms with van der Waals surface area (Å²) in [5, 5.41) is 3.50. The van der Waals surface area contributed by atoms with E-state index in [0.29, 0.717) is 5.69 Å². The lowest BCUT2D eigenvalue weighted by molar-refractivity contribution is 0.0636. The Labute approximate surface area is 103 Å². The van der Waals surface area contributed by atoms with Crippen LogP contribution in [0.5, 0.6) is 0 Å². The fourth-order valence-electron chi connectivity index (χ4n) is 1.18. The molecule has 0 spiro atoms. The average molecular weight is 255 g/mol. The minimum absolute atomic E-state index is 0.479. The van der Waals surface area contributed by atoms with Crippen molar-refractivity contribution in [3.8, 4) is 0 Å². The molecule has 0 radical (unpaired) electrons. The first-order valence-electron chi connectivity index (χ1n) is 5.30. The van der Waals surface area contributed by atoms with Gasteiger partial charge in [0.25, 0.3) is 0 Å². The summed E-state index contributed by atoms with van der Waals surface area (Å²) in [5.74, 6) is 0. The molecule has 0 bridgehead atoms. The van der Waals surface area contributed by atoms with Gasteiger partial charge in [-0.2, -0.15) is 0 Å². The molecule has 1 amide bonds. The Hall–Kier alpha value is -1.12. The van der Waals surface area contributed by atoms with Crippen LogP contribution in [0.2, 0.25) is 0 Å². The van der Waals surface area contributed by atoms with E-state index in [1.54, 1.807) is 30.9 Å². The molecule has 94 valence electrons. The van der Waals surface area contributed by atoms with Gasteiger partial charge in [-0.05, 0) is 39.6 Å². The molecule has 4 nitrogen and oxygen atoms in total. The van der Waals surface area contributed by atoms with E-state index < -0.39 is 19.8 Å². The van der Waals surface area contributed by atoms with E-state index in [9.17, 15) is 9.69 Å². The maximum Gasteiger partial charge on any atom is 0.412 e. The molecule has 2 N–H and O–H groups in total. The SMILES string of the molecule is CP(O)c1ccc(NC(=O)OC(C)(C)C)cc1. The Morgan fingerprint density at radius 3 is 2.24 bits per heavy atom. The van der Waals surface area contributed by atoms with Gasteiger partial charge in [0.05, 0.1) is 8.15 Å². The number of benzene rings is 1. The number of carbonyl (C=O) groups excluding carboxylic acids is 1. The van der Waals surface area contributed by atoms with Crippen LogP contribution in [0, 0.1) is 0 Å². The maximum atomic E-state index is 11.5. The summed E-state index contributed by atoms with van der Waals surface area (Å²) in [4.78, 5) is 20.9. The minimum Gasteiger partial charge on any atom is -0.444 e. The zero-order chi connectivity index (χ0) is 13.1. The lowest BCUT2D eigenvalue weighted by Gasteiger charge is -2.19. The maximum absolute atomic E-state index is 11.5. The van der Waals surface area contributed by atoms with Gasteiger partial charge < -0.3 is 9.63 Å². The number of nitrogens with one attached hydrogen (secondary N) is 1. The third kappa shape index (κ3) is 5.16. The lowest BCUT2D eigenvalue weighted by atomic mass is 10.2. The van der Waals surface area contributed by atoms with Crippen LogP contribution >= 0.6 is 8.15 Å². The van der Waals surface area contributed by atoms with Crippen molar-refractivity contribution in [3.05, 3.63) is 24.3 Å². The molecule has 0 aliphatic heterocycles. The molecule has 1 rings (SSSR count). The van der Waals surface area contributed by atoms with Crippen molar-refractivity contribution in [1.82, 2.24) is 0 Å². The lowest BCUT2D eigenvalue weighted by Crippen LogP contribution is -2.27. The van der Waals surface area contributed by atoms with Crippen LogP contribution in [-0.4, -0.2) is 23.3 Å². The molecule has 0 heterocycles. The van der Waals surface area contributed by atoms with Crippen LogP contribution in [0.1, 0.15) is 20.8 Å². The van der Waals surface area contributed by atoms with Gasteiger partial charge in [0, 0.05) is 11.0 Å². The Morgan fingerprint density at radius 1 is 1.29 bits per heavy atom. The van der Waals surface area contributed by atoms with Crippen LogP contribution in [0.25, 0.3) is 0 Å². The number of rotatable bonds is 2. The Balaban J connectivity index is 2.61. The Kier molecular flexibility index (Phi) is 4.49. The van der Waals surface area contributed by atoms with Gasteiger partial charge in [-0.3, -0.25) is 5.32 Å². The van der Waals surface area contributed by atoms with E-state index in [-0.39, 0.29) is 0 Å². The first-order chi connectivity index (χ1) is 7.78. The number of amides is 1. The highest BCUT2D eigenvalue weighted by Gasteiger charge is 2.16. The first kappa shape index (κ1) is 13.9. The molecule has 0 aliphatic rings. The van der Waals surface area contributed by atoms with Crippen molar-refractivity contribution in [2.45, 2.75) is 26.4 Å². The van der Waals surface area contributed by atoms with Crippen molar-refractivity contribution >= 4 is 25.2 Å². The molecule has 1 unspecified atom stereocenters. The van der Waals surface area contributed by atoms with Gasteiger partial charge in [0.1, 0.15) is 5.60 Å². The fraction of sp³-hybridized carbons (Fsp3) is 0.417. The van der Waals surface area contributed by atoms with Crippen LogP contribution < -0.4 is 10.6 Å². The van der Waals surface area contributed by atoms with E-state index in [0.717, 1.165) is 5.30 Å².